The first-order valence-corrected chi connectivity index (χ1v) is 7.86. The molecule has 2 aromatic carbocycles. The topological polar surface area (TPSA) is 70.0 Å². The minimum Gasteiger partial charge on any atom is -0.280 e. The molecule has 0 aliphatic heterocycles. The summed E-state index contributed by atoms with van der Waals surface area (Å²) in [4.78, 5) is 0.130. The van der Waals surface area contributed by atoms with Crippen molar-refractivity contribution in [2.45, 2.75) is 4.90 Å². The standard InChI is InChI=1S/C13H9IN2O2S/c14-11-3-5-12(6-4-11)16-19(17,18)13-7-1-10(9-15)2-8-13/h1-8,16H. The van der Waals surface area contributed by atoms with Crippen LogP contribution in [0.15, 0.2) is 53.4 Å². The summed E-state index contributed by atoms with van der Waals surface area (Å²) in [6.45, 7) is 0. The first-order valence-electron chi connectivity index (χ1n) is 5.30. The van der Waals surface area contributed by atoms with Crippen LogP contribution in [0.1, 0.15) is 5.56 Å². The maximum absolute atomic E-state index is 12.1. The molecule has 0 bridgehead atoms. The van der Waals surface area contributed by atoms with Gasteiger partial charge in [-0.05, 0) is 71.1 Å². The Bertz CT molecular complexity index is 717. The third kappa shape index (κ3) is 3.45. The summed E-state index contributed by atoms with van der Waals surface area (Å²) in [6.07, 6.45) is 0. The van der Waals surface area contributed by atoms with Crippen LogP contribution in [0.25, 0.3) is 0 Å². The summed E-state index contributed by atoms with van der Waals surface area (Å²) in [7, 11) is -3.61. The molecule has 0 aliphatic rings. The summed E-state index contributed by atoms with van der Waals surface area (Å²) in [5.74, 6) is 0. The fraction of sp³-hybridized carbons (Fsp3) is 0. The quantitative estimate of drug-likeness (QED) is 0.828. The van der Waals surface area contributed by atoms with Gasteiger partial charge in [-0.3, -0.25) is 4.72 Å². The Morgan fingerprint density at radius 2 is 1.58 bits per heavy atom. The molecule has 0 heterocycles. The normalized spacial score (nSPS) is 10.7. The van der Waals surface area contributed by atoms with Crippen LogP contribution in [0.2, 0.25) is 0 Å². The van der Waals surface area contributed by atoms with E-state index in [0.717, 1.165) is 3.57 Å². The highest BCUT2D eigenvalue weighted by atomic mass is 127. The number of hydrogen-bond acceptors (Lipinski definition) is 3. The highest BCUT2D eigenvalue weighted by Crippen LogP contribution is 2.17. The Kier molecular flexibility index (Phi) is 4.07. The van der Waals surface area contributed by atoms with Gasteiger partial charge in [0.05, 0.1) is 16.5 Å². The summed E-state index contributed by atoms with van der Waals surface area (Å²) >= 11 is 2.15. The average Bonchev–Trinajstić information content (AvgIpc) is 2.41. The van der Waals surface area contributed by atoms with Crippen molar-refractivity contribution in [3.63, 3.8) is 0 Å². The zero-order valence-electron chi connectivity index (χ0n) is 9.67. The molecule has 0 saturated heterocycles. The van der Waals surface area contributed by atoms with Crippen LogP contribution in [-0.2, 0) is 10.0 Å². The Labute approximate surface area is 125 Å². The summed E-state index contributed by atoms with van der Waals surface area (Å²) in [5, 5.41) is 8.68. The van der Waals surface area contributed by atoms with Crippen LogP contribution in [0.3, 0.4) is 0 Å². The van der Waals surface area contributed by atoms with Crippen molar-refractivity contribution < 1.29 is 8.42 Å². The molecule has 96 valence electrons. The fourth-order valence-corrected chi connectivity index (χ4v) is 2.86. The van der Waals surface area contributed by atoms with Crippen LogP contribution in [0, 0.1) is 14.9 Å². The molecule has 0 saturated carbocycles. The first-order chi connectivity index (χ1) is 9.01. The molecule has 0 amide bonds. The van der Waals surface area contributed by atoms with E-state index in [0.29, 0.717) is 11.3 Å². The van der Waals surface area contributed by atoms with E-state index < -0.39 is 10.0 Å². The predicted molar refractivity (Wildman–Crippen MR) is 81.1 cm³/mol. The van der Waals surface area contributed by atoms with Gasteiger partial charge < -0.3 is 0 Å². The lowest BCUT2D eigenvalue weighted by Gasteiger charge is -2.08. The predicted octanol–water partition coefficient (Wildman–Crippen LogP) is 2.96. The summed E-state index contributed by atoms with van der Waals surface area (Å²) in [6, 6.07) is 14.7. The zero-order valence-corrected chi connectivity index (χ0v) is 12.6. The van der Waals surface area contributed by atoms with Crippen molar-refractivity contribution in [3.05, 3.63) is 57.7 Å². The van der Waals surface area contributed by atoms with Gasteiger partial charge in [0, 0.05) is 9.26 Å². The van der Waals surface area contributed by atoms with Gasteiger partial charge in [-0.1, -0.05) is 0 Å². The van der Waals surface area contributed by atoms with Crippen LogP contribution >= 0.6 is 22.6 Å². The smallest absolute Gasteiger partial charge is 0.261 e. The number of rotatable bonds is 3. The van der Waals surface area contributed by atoms with Gasteiger partial charge in [-0.25, -0.2) is 8.42 Å². The Hall–Kier alpha value is -1.59. The maximum Gasteiger partial charge on any atom is 0.261 e. The number of hydrogen-bond donors (Lipinski definition) is 1. The molecule has 0 unspecified atom stereocenters. The van der Waals surface area contributed by atoms with Gasteiger partial charge in [0.15, 0.2) is 0 Å². The van der Waals surface area contributed by atoms with Crippen molar-refractivity contribution in [2.75, 3.05) is 4.72 Å². The van der Waals surface area contributed by atoms with Gasteiger partial charge in [0.1, 0.15) is 0 Å². The van der Waals surface area contributed by atoms with Crippen LogP contribution < -0.4 is 4.72 Å². The van der Waals surface area contributed by atoms with Crippen molar-refractivity contribution in [1.82, 2.24) is 0 Å². The second-order valence-electron chi connectivity index (χ2n) is 3.75. The lowest BCUT2D eigenvalue weighted by atomic mass is 10.2. The van der Waals surface area contributed by atoms with E-state index in [9.17, 15) is 8.42 Å². The van der Waals surface area contributed by atoms with Gasteiger partial charge in [-0.2, -0.15) is 5.26 Å². The number of benzene rings is 2. The average molecular weight is 384 g/mol. The molecule has 2 rings (SSSR count). The summed E-state index contributed by atoms with van der Waals surface area (Å²) in [5.41, 5.74) is 0.929. The highest BCUT2D eigenvalue weighted by Gasteiger charge is 2.13. The number of nitriles is 1. The molecular weight excluding hydrogens is 375 g/mol. The van der Waals surface area contributed by atoms with E-state index in [1.54, 1.807) is 12.1 Å². The van der Waals surface area contributed by atoms with Gasteiger partial charge in [0.2, 0.25) is 0 Å². The van der Waals surface area contributed by atoms with E-state index in [-0.39, 0.29) is 4.90 Å². The van der Waals surface area contributed by atoms with Gasteiger partial charge in [-0.15, -0.1) is 0 Å². The second-order valence-corrected chi connectivity index (χ2v) is 6.68. The molecular formula is C13H9IN2O2S. The lowest BCUT2D eigenvalue weighted by Crippen LogP contribution is -2.12. The molecule has 4 nitrogen and oxygen atoms in total. The van der Waals surface area contributed by atoms with E-state index >= 15 is 0 Å². The van der Waals surface area contributed by atoms with Crippen molar-refractivity contribution in [2.24, 2.45) is 0 Å². The number of nitrogens with one attached hydrogen (secondary N) is 1. The van der Waals surface area contributed by atoms with E-state index in [1.165, 1.54) is 24.3 Å². The third-order valence-electron chi connectivity index (χ3n) is 2.39. The fourth-order valence-electron chi connectivity index (χ4n) is 1.44. The minimum absolute atomic E-state index is 0.130. The number of nitrogens with zero attached hydrogens (tertiary/aromatic N) is 1. The first kappa shape index (κ1) is 13.8. The van der Waals surface area contributed by atoms with E-state index in [1.807, 2.05) is 18.2 Å². The van der Waals surface area contributed by atoms with Crippen molar-refractivity contribution >= 4 is 38.3 Å². The molecule has 0 spiro atoms. The van der Waals surface area contributed by atoms with E-state index in [4.69, 9.17) is 5.26 Å². The molecule has 0 fully saturated rings. The van der Waals surface area contributed by atoms with Crippen molar-refractivity contribution in [3.8, 4) is 6.07 Å². The number of anilines is 1. The van der Waals surface area contributed by atoms with Crippen LogP contribution in [0.5, 0.6) is 0 Å². The molecule has 6 heteroatoms. The van der Waals surface area contributed by atoms with Crippen LogP contribution in [0.4, 0.5) is 5.69 Å². The zero-order chi connectivity index (χ0) is 13.9. The minimum atomic E-state index is -3.61. The Morgan fingerprint density at radius 1 is 1.00 bits per heavy atom. The van der Waals surface area contributed by atoms with Gasteiger partial charge >= 0.3 is 0 Å². The molecule has 2 aromatic rings. The highest BCUT2D eigenvalue weighted by molar-refractivity contribution is 14.1. The summed E-state index contributed by atoms with van der Waals surface area (Å²) < 4.78 is 27.7. The SMILES string of the molecule is N#Cc1ccc(S(=O)(=O)Nc2ccc(I)cc2)cc1. The largest absolute Gasteiger partial charge is 0.280 e. The molecule has 0 aliphatic carbocycles. The lowest BCUT2D eigenvalue weighted by molar-refractivity contribution is 0.601. The number of halogens is 1. The van der Waals surface area contributed by atoms with Gasteiger partial charge in [0.25, 0.3) is 10.0 Å². The van der Waals surface area contributed by atoms with Crippen LogP contribution in [-0.4, -0.2) is 8.42 Å². The molecule has 0 aromatic heterocycles. The monoisotopic (exact) mass is 384 g/mol. The second kappa shape index (κ2) is 5.59. The molecule has 1 N–H and O–H groups in total. The Balaban J connectivity index is 2.27. The van der Waals surface area contributed by atoms with Crippen molar-refractivity contribution in [1.29, 1.82) is 5.26 Å². The molecule has 0 radical (unpaired) electrons. The Morgan fingerprint density at radius 3 is 2.11 bits per heavy atom. The number of sulfonamides is 1. The maximum atomic E-state index is 12.1. The third-order valence-corrected chi connectivity index (χ3v) is 4.51. The van der Waals surface area contributed by atoms with E-state index in [2.05, 4.69) is 27.3 Å². The molecule has 19 heavy (non-hydrogen) atoms. The molecule has 0 atom stereocenters.